The molecule has 4 aromatic rings. The maximum Gasteiger partial charge on any atom is 0.236 e. The Bertz CT molecular complexity index is 1330. The number of thioether (sulfide) groups is 1. The third kappa shape index (κ3) is 6.59. The molecule has 0 aliphatic carbocycles. The maximum atomic E-state index is 12.5. The highest BCUT2D eigenvalue weighted by molar-refractivity contribution is 9.10. The molecule has 0 unspecified atom stereocenters. The number of halogens is 1. The van der Waals surface area contributed by atoms with Gasteiger partial charge in [-0.1, -0.05) is 52.0 Å². The first-order valence-electron chi connectivity index (χ1n) is 10.8. The Labute approximate surface area is 220 Å². The molecule has 0 saturated heterocycles. The van der Waals surface area contributed by atoms with Crippen molar-refractivity contribution in [3.63, 3.8) is 0 Å². The number of hydrogen-bond acceptors (Lipinski definition) is 7. The van der Waals surface area contributed by atoms with Crippen LogP contribution in [-0.4, -0.2) is 31.4 Å². The second kappa shape index (κ2) is 11.7. The summed E-state index contributed by atoms with van der Waals surface area (Å²) < 4.78 is 8.83. The van der Waals surface area contributed by atoms with Crippen LogP contribution in [0.3, 0.4) is 0 Å². The van der Waals surface area contributed by atoms with Crippen LogP contribution in [0, 0.1) is 13.8 Å². The van der Waals surface area contributed by atoms with Gasteiger partial charge in [0.25, 0.3) is 0 Å². The molecule has 35 heavy (non-hydrogen) atoms. The summed E-state index contributed by atoms with van der Waals surface area (Å²) in [6.07, 6.45) is 1.77. The predicted octanol–water partition coefficient (Wildman–Crippen LogP) is 6.28. The van der Waals surface area contributed by atoms with E-state index in [0.29, 0.717) is 22.7 Å². The number of ether oxygens (including phenoxy) is 1. The van der Waals surface area contributed by atoms with E-state index in [2.05, 4.69) is 56.9 Å². The zero-order valence-electron chi connectivity index (χ0n) is 19.3. The first-order chi connectivity index (χ1) is 16.9. The number of nitrogens with zero attached hydrogens (tertiary/aromatic N) is 4. The number of aromatic nitrogens is 4. The zero-order valence-corrected chi connectivity index (χ0v) is 22.5. The number of benzene rings is 2. The highest BCUT2D eigenvalue weighted by Gasteiger charge is 2.15. The van der Waals surface area contributed by atoms with E-state index in [4.69, 9.17) is 4.74 Å². The fraction of sp³-hybridized carbons (Fsp3) is 0.200. The molecule has 1 amide bonds. The summed E-state index contributed by atoms with van der Waals surface area (Å²) in [6.45, 7) is 8.73. The minimum Gasteiger partial charge on any atom is -0.486 e. The van der Waals surface area contributed by atoms with Crippen molar-refractivity contribution >= 4 is 50.1 Å². The number of thiazole rings is 1. The lowest BCUT2D eigenvalue weighted by Gasteiger charge is -2.10. The van der Waals surface area contributed by atoms with Gasteiger partial charge < -0.3 is 10.1 Å². The number of carbonyl (C=O) groups is 1. The topological polar surface area (TPSA) is 81.9 Å². The SMILES string of the molecule is C=CCn1c(COc2ccc(C)c(C)c2)nnc1SCC(=O)Nc1nc(-c2ccc(Br)cc2)cs1. The Morgan fingerprint density at radius 3 is 2.74 bits per heavy atom. The number of anilines is 1. The third-order valence-electron chi connectivity index (χ3n) is 5.17. The van der Waals surface area contributed by atoms with Gasteiger partial charge in [0.15, 0.2) is 16.1 Å². The molecule has 1 N–H and O–H groups in total. The van der Waals surface area contributed by atoms with Gasteiger partial charge in [-0.25, -0.2) is 4.98 Å². The van der Waals surface area contributed by atoms with Crippen molar-refractivity contribution in [2.24, 2.45) is 0 Å². The normalized spacial score (nSPS) is 10.8. The van der Waals surface area contributed by atoms with Gasteiger partial charge in [-0.2, -0.15) is 0 Å². The number of aryl methyl sites for hydroxylation is 2. The van der Waals surface area contributed by atoms with Crippen LogP contribution in [-0.2, 0) is 17.9 Å². The lowest BCUT2D eigenvalue weighted by Crippen LogP contribution is -2.15. The Kier molecular flexibility index (Phi) is 8.37. The Balaban J connectivity index is 1.35. The van der Waals surface area contributed by atoms with E-state index in [1.165, 1.54) is 34.2 Å². The molecule has 0 saturated carbocycles. The summed E-state index contributed by atoms with van der Waals surface area (Å²) >= 11 is 6.14. The van der Waals surface area contributed by atoms with Crippen LogP contribution in [0.5, 0.6) is 5.75 Å². The Hall–Kier alpha value is -2.95. The summed E-state index contributed by atoms with van der Waals surface area (Å²) in [5, 5.41) is 14.5. The number of amides is 1. The lowest BCUT2D eigenvalue weighted by atomic mass is 10.1. The molecule has 2 aromatic carbocycles. The average molecular weight is 571 g/mol. The number of rotatable bonds is 10. The van der Waals surface area contributed by atoms with E-state index in [0.717, 1.165) is 21.5 Å². The van der Waals surface area contributed by atoms with E-state index in [1.807, 2.05) is 52.4 Å². The van der Waals surface area contributed by atoms with Crippen molar-refractivity contribution in [1.29, 1.82) is 0 Å². The van der Waals surface area contributed by atoms with Gasteiger partial charge in [0.2, 0.25) is 5.91 Å². The first-order valence-corrected chi connectivity index (χ1v) is 13.5. The van der Waals surface area contributed by atoms with Gasteiger partial charge in [0.1, 0.15) is 12.4 Å². The second-order valence-corrected chi connectivity index (χ2v) is 10.4. The lowest BCUT2D eigenvalue weighted by molar-refractivity contribution is -0.113. The molecule has 0 radical (unpaired) electrons. The van der Waals surface area contributed by atoms with Crippen LogP contribution in [0.1, 0.15) is 17.0 Å². The molecule has 0 bridgehead atoms. The largest absolute Gasteiger partial charge is 0.486 e. The van der Waals surface area contributed by atoms with Crippen LogP contribution in [0.2, 0.25) is 0 Å². The van der Waals surface area contributed by atoms with Crippen molar-refractivity contribution in [1.82, 2.24) is 19.7 Å². The smallest absolute Gasteiger partial charge is 0.236 e. The average Bonchev–Trinajstić information content (AvgIpc) is 3.46. The molecule has 0 aliphatic heterocycles. The number of carbonyl (C=O) groups excluding carboxylic acids is 1. The fourth-order valence-corrected chi connectivity index (χ4v) is 4.93. The van der Waals surface area contributed by atoms with Crippen molar-refractivity contribution in [2.45, 2.75) is 32.2 Å². The first kappa shape index (κ1) is 25.2. The molecule has 0 aliphatic rings. The Morgan fingerprint density at radius 1 is 1.20 bits per heavy atom. The van der Waals surface area contributed by atoms with Crippen LogP contribution in [0.25, 0.3) is 11.3 Å². The standard InChI is InChI=1S/C25H24BrN5O2S2/c1-4-11-31-22(13-33-20-10-5-16(2)17(3)12-20)29-30-25(31)35-15-23(32)28-24-27-21(14-34-24)18-6-8-19(26)9-7-18/h4-10,12,14H,1,11,13,15H2,2-3H3,(H,27,28,32). The summed E-state index contributed by atoms with van der Waals surface area (Å²) in [5.74, 6) is 1.47. The highest BCUT2D eigenvalue weighted by atomic mass is 79.9. The van der Waals surface area contributed by atoms with Gasteiger partial charge in [0, 0.05) is 22.0 Å². The molecule has 2 aromatic heterocycles. The van der Waals surface area contributed by atoms with Gasteiger partial charge >= 0.3 is 0 Å². The third-order valence-corrected chi connectivity index (χ3v) is 7.43. The molecular formula is C25H24BrN5O2S2. The summed E-state index contributed by atoms with van der Waals surface area (Å²) in [5.41, 5.74) is 4.20. The molecule has 4 rings (SSSR count). The van der Waals surface area contributed by atoms with Crippen LogP contribution in [0.4, 0.5) is 5.13 Å². The quantitative estimate of drug-likeness (QED) is 0.179. The van der Waals surface area contributed by atoms with Crippen molar-refractivity contribution in [3.05, 3.63) is 81.9 Å². The predicted molar refractivity (Wildman–Crippen MR) is 145 cm³/mol. The molecule has 0 spiro atoms. The monoisotopic (exact) mass is 569 g/mol. The fourth-order valence-electron chi connectivity index (χ4n) is 3.17. The molecule has 2 heterocycles. The van der Waals surface area contributed by atoms with Crippen LogP contribution in [0.15, 0.2) is 70.1 Å². The molecule has 180 valence electrons. The van der Waals surface area contributed by atoms with Gasteiger partial charge in [-0.05, 0) is 49.2 Å². The van der Waals surface area contributed by atoms with Gasteiger partial charge in [-0.3, -0.25) is 9.36 Å². The molecule has 0 fully saturated rings. The number of nitrogens with one attached hydrogen (secondary N) is 1. The highest BCUT2D eigenvalue weighted by Crippen LogP contribution is 2.27. The van der Waals surface area contributed by atoms with Crippen molar-refractivity contribution < 1.29 is 9.53 Å². The minimum atomic E-state index is -0.159. The van der Waals surface area contributed by atoms with Gasteiger partial charge in [0.05, 0.1) is 11.4 Å². The van der Waals surface area contributed by atoms with E-state index in [1.54, 1.807) is 6.08 Å². The number of hydrogen-bond donors (Lipinski definition) is 1. The maximum absolute atomic E-state index is 12.5. The van der Waals surface area contributed by atoms with E-state index >= 15 is 0 Å². The molecule has 7 nitrogen and oxygen atoms in total. The summed E-state index contributed by atoms with van der Waals surface area (Å²) in [7, 11) is 0. The van der Waals surface area contributed by atoms with E-state index in [9.17, 15) is 4.79 Å². The zero-order chi connectivity index (χ0) is 24.8. The molecule has 10 heteroatoms. The van der Waals surface area contributed by atoms with E-state index in [-0.39, 0.29) is 18.3 Å². The van der Waals surface area contributed by atoms with Crippen molar-refractivity contribution in [3.8, 4) is 17.0 Å². The van der Waals surface area contributed by atoms with Crippen LogP contribution < -0.4 is 10.1 Å². The summed E-state index contributed by atoms with van der Waals surface area (Å²) in [4.78, 5) is 17.1. The Morgan fingerprint density at radius 2 is 2.00 bits per heavy atom. The molecule has 0 atom stereocenters. The number of allylic oxidation sites excluding steroid dienone is 1. The van der Waals surface area contributed by atoms with Crippen LogP contribution >= 0.6 is 39.0 Å². The van der Waals surface area contributed by atoms with Crippen molar-refractivity contribution in [2.75, 3.05) is 11.1 Å². The molecular weight excluding hydrogens is 546 g/mol. The van der Waals surface area contributed by atoms with Gasteiger partial charge in [-0.15, -0.1) is 28.1 Å². The summed E-state index contributed by atoms with van der Waals surface area (Å²) in [6, 6.07) is 13.9. The van der Waals surface area contributed by atoms with E-state index < -0.39 is 0 Å². The second-order valence-electron chi connectivity index (χ2n) is 7.71. The minimum absolute atomic E-state index is 0.159.